The van der Waals surface area contributed by atoms with E-state index in [2.05, 4.69) is 9.97 Å². The number of carbonyl (C=O) groups is 1. The number of anilines is 1. The highest BCUT2D eigenvalue weighted by Crippen LogP contribution is 2.39. The molecule has 1 aromatic rings. The standard InChI is InChI=1S/C17H23F3N4O3S/c1-28(26,27)10-9-24-15(25)3-5-16(24)4-2-7-23(8-6-16)14-11-13(17(18,19)20)21-12-22-14/h11-12H,2-10H2,1H3. The molecule has 3 rings (SSSR count). The van der Waals surface area contributed by atoms with Gasteiger partial charge in [0, 0.05) is 43.9 Å². The molecular formula is C17H23F3N4O3S. The van der Waals surface area contributed by atoms with E-state index in [4.69, 9.17) is 0 Å². The Morgan fingerprint density at radius 2 is 1.93 bits per heavy atom. The van der Waals surface area contributed by atoms with Gasteiger partial charge in [0.25, 0.3) is 0 Å². The van der Waals surface area contributed by atoms with Gasteiger partial charge in [-0.2, -0.15) is 13.2 Å². The van der Waals surface area contributed by atoms with Crippen LogP contribution >= 0.6 is 0 Å². The Labute approximate surface area is 161 Å². The van der Waals surface area contributed by atoms with E-state index in [1.54, 1.807) is 9.80 Å². The third-order valence-corrected chi connectivity index (χ3v) is 6.47. The molecule has 0 saturated carbocycles. The summed E-state index contributed by atoms with van der Waals surface area (Å²) >= 11 is 0. The summed E-state index contributed by atoms with van der Waals surface area (Å²) in [5.41, 5.74) is -1.42. The Morgan fingerprint density at radius 3 is 2.61 bits per heavy atom. The van der Waals surface area contributed by atoms with Crippen molar-refractivity contribution in [3.05, 3.63) is 18.1 Å². The van der Waals surface area contributed by atoms with E-state index in [1.807, 2.05) is 0 Å². The first-order valence-corrected chi connectivity index (χ1v) is 11.2. The van der Waals surface area contributed by atoms with Crippen LogP contribution in [-0.2, 0) is 20.8 Å². The molecule has 2 saturated heterocycles. The van der Waals surface area contributed by atoms with Crippen LogP contribution in [0.4, 0.5) is 19.0 Å². The van der Waals surface area contributed by atoms with Gasteiger partial charge in [0.15, 0.2) is 0 Å². The third-order valence-electron chi connectivity index (χ3n) is 5.55. The summed E-state index contributed by atoms with van der Waals surface area (Å²) in [4.78, 5) is 23.1. The fourth-order valence-electron chi connectivity index (χ4n) is 4.10. The van der Waals surface area contributed by atoms with Crippen molar-refractivity contribution in [1.29, 1.82) is 0 Å². The van der Waals surface area contributed by atoms with Crippen LogP contribution in [0.15, 0.2) is 12.4 Å². The molecule has 7 nitrogen and oxygen atoms in total. The molecule has 1 unspecified atom stereocenters. The highest BCUT2D eigenvalue weighted by atomic mass is 32.2. The number of carbonyl (C=O) groups excluding carboxylic acids is 1. The van der Waals surface area contributed by atoms with Gasteiger partial charge in [-0.1, -0.05) is 0 Å². The zero-order chi connectivity index (χ0) is 20.6. The molecule has 0 N–H and O–H groups in total. The van der Waals surface area contributed by atoms with Crippen LogP contribution in [0, 0.1) is 0 Å². The highest BCUT2D eigenvalue weighted by molar-refractivity contribution is 7.90. The Morgan fingerprint density at radius 1 is 1.18 bits per heavy atom. The van der Waals surface area contributed by atoms with Crippen molar-refractivity contribution in [3.8, 4) is 0 Å². The number of hydrogen-bond acceptors (Lipinski definition) is 6. The smallest absolute Gasteiger partial charge is 0.356 e. The van der Waals surface area contributed by atoms with Gasteiger partial charge in [-0.25, -0.2) is 18.4 Å². The molecular weight excluding hydrogens is 397 g/mol. The average Bonchev–Trinajstić information content (AvgIpc) is 2.77. The van der Waals surface area contributed by atoms with Crippen LogP contribution in [0.2, 0.25) is 0 Å². The number of aromatic nitrogens is 2. The lowest BCUT2D eigenvalue weighted by molar-refractivity contribution is -0.141. The zero-order valence-electron chi connectivity index (χ0n) is 15.6. The number of sulfone groups is 1. The van der Waals surface area contributed by atoms with E-state index in [0.717, 1.165) is 18.6 Å². The summed E-state index contributed by atoms with van der Waals surface area (Å²) in [6, 6.07) is 0.944. The molecule has 156 valence electrons. The van der Waals surface area contributed by atoms with Gasteiger partial charge < -0.3 is 9.80 Å². The first-order chi connectivity index (χ1) is 13.0. The number of hydrogen-bond donors (Lipinski definition) is 0. The molecule has 0 bridgehead atoms. The van der Waals surface area contributed by atoms with Crippen molar-refractivity contribution in [2.75, 3.05) is 36.5 Å². The topological polar surface area (TPSA) is 83.5 Å². The van der Waals surface area contributed by atoms with Crippen LogP contribution < -0.4 is 4.90 Å². The van der Waals surface area contributed by atoms with Crippen molar-refractivity contribution in [2.24, 2.45) is 0 Å². The summed E-state index contributed by atoms with van der Waals surface area (Å²) in [6.45, 7) is 1.12. The minimum Gasteiger partial charge on any atom is -0.356 e. The second-order valence-electron chi connectivity index (χ2n) is 7.50. The summed E-state index contributed by atoms with van der Waals surface area (Å²) in [7, 11) is -3.20. The lowest BCUT2D eigenvalue weighted by atomic mass is 9.88. The van der Waals surface area contributed by atoms with Gasteiger partial charge in [0.05, 0.1) is 5.75 Å². The number of nitrogens with zero attached hydrogens (tertiary/aromatic N) is 4. The molecule has 1 spiro atoms. The third kappa shape index (κ3) is 4.56. The van der Waals surface area contributed by atoms with E-state index in [9.17, 15) is 26.4 Å². The number of alkyl halides is 3. The van der Waals surface area contributed by atoms with Gasteiger partial charge in [0.1, 0.15) is 27.7 Å². The van der Waals surface area contributed by atoms with Crippen LogP contribution in [0.5, 0.6) is 0 Å². The summed E-state index contributed by atoms with van der Waals surface area (Å²) < 4.78 is 61.9. The van der Waals surface area contributed by atoms with E-state index < -0.39 is 27.2 Å². The zero-order valence-corrected chi connectivity index (χ0v) is 16.4. The van der Waals surface area contributed by atoms with Gasteiger partial charge in [0.2, 0.25) is 5.91 Å². The van der Waals surface area contributed by atoms with Crippen molar-refractivity contribution < 1.29 is 26.4 Å². The molecule has 3 heterocycles. The van der Waals surface area contributed by atoms with E-state index >= 15 is 0 Å². The monoisotopic (exact) mass is 420 g/mol. The first-order valence-electron chi connectivity index (χ1n) is 9.13. The maximum Gasteiger partial charge on any atom is 0.433 e. The minimum absolute atomic E-state index is 0.0570. The molecule has 1 atom stereocenters. The van der Waals surface area contributed by atoms with Crippen LogP contribution in [0.3, 0.4) is 0 Å². The Balaban J connectivity index is 1.76. The number of likely N-dealkylation sites (tertiary alicyclic amines) is 1. The average molecular weight is 420 g/mol. The molecule has 2 aliphatic heterocycles. The molecule has 0 aliphatic carbocycles. The highest BCUT2D eigenvalue weighted by Gasteiger charge is 2.45. The van der Waals surface area contributed by atoms with Gasteiger partial charge in [-0.05, 0) is 25.7 Å². The quantitative estimate of drug-likeness (QED) is 0.740. The maximum atomic E-state index is 12.9. The van der Waals surface area contributed by atoms with E-state index in [1.165, 1.54) is 0 Å². The Bertz CT molecular complexity index is 846. The predicted molar refractivity (Wildman–Crippen MR) is 96.5 cm³/mol. The number of halogens is 3. The van der Waals surface area contributed by atoms with Crippen LogP contribution in [0.25, 0.3) is 0 Å². The Hall–Kier alpha value is -1.91. The summed E-state index contributed by atoms with van der Waals surface area (Å²) in [6.07, 6.45) is 0.457. The molecule has 0 radical (unpaired) electrons. The molecule has 1 aromatic heterocycles. The number of rotatable bonds is 4. The normalized spacial score (nSPS) is 24.1. The van der Waals surface area contributed by atoms with Crippen molar-refractivity contribution >= 4 is 21.6 Å². The molecule has 28 heavy (non-hydrogen) atoms. The minimum atomic E-state index is -4.54. The second kappa shape index (κ2) is 7.49. The lowest BCUT2D eigenvalue weighted by Crippen LogP contribution is -2.48. The molecule has 2 fully saturated rings. The SMILES string of the molecule is CS(=O)(=O)CCN1C(=O)CCC12CCCN(c1cc(C(F)(F)F)ncn1)CC2. The molecule has 11 heteroatoms. The van der Waals surface area contributed by atoms with Crippen molar-refractivity contribution in [3.63, 3.8) is 0 Å². The fraction of sp³-hybridized carbons (Fsp3) is 0.706. The molecule has 2 aliphatic rings. The lowest BCUT2D eigenvalue weighted by Gasteiger charge is -2.38. The van der Waals surface area contributed by atoms with Gasteiger partial charge in [-0.15, -0.1) is 0 Å². The number of amides is 1. The van der Waals surface area contributed by atoms with Gasteiger partial charge >= 0.3 is 6.18 Å². The fourth-order valence-corrected chi connectivity index (χ4v) is 4.61. The molecule has 1 amide bonds. The largest absolute Gasteiger partial charge is 0.433 e. The second-order valence-corrected chi connectivity index (χ2v) is 9.76. The van der Waals surface area contributed by atoms with Crippen LogP contribution in [-0.4, -0.2) is 66.4 Å². The van der Waals surface area contributed by atoms with E-state index in [-0.39, 0.29) is 24.0 Å². The van der Waals surface area contributed by atoms with E-state index in [0.29, 0.717) is 45.2 Å². The van der Waals surface area contributed by atoms with Crippen LogP contribution in [0.1, 0.15) is 37.8 Å². The summed E-state index contributed by atoms with van der Waals surface area (Å²) in [5.74, 6) is 0.0651. The first kappa shape index (κ1) is 20.8. The predicted octanol–water partition coefficient (Wildman–Crippen LogP) is 1.89. The van der Waals surface area contributed by atoms with Crippen molar-refractivity contribution in [1.82, 2.24) is 14.9 Å². The summed E-state index contributed by atoms with van der Waals surface area (Å²) in [5, 5.41) is 0. The van der Waals surface area contributed by atoms with Gasteiger partial charge in [-0.3, -0.25) is 4.79 Å². The maximum absolute atomic E-state index is 12.9. The Kier molecular flexibility index (Phi) is 5.57. The van der Waals surface area contributed by atoms with Crippen molar-refractivity contribution in [2.45, 2.75) is 43.8 Å². The molecule has 0 aromatic carbocycles.